The van der Waals surface area contributed by atoms with Crippen LogP contribution in [-0.4, -0.2) is 12.5 Å². The highest BCUT2D eigenvalue weighted by molar-refractivity contribution is 9.10. The summed E-state index contributed by atoms with van der Waals surface area (Å²) in [7, 11) is 0. The molecule has 0 aliphatic rings. The summed E-state index contributed by atoms with van der Waals surface area (Å²) in [5.41, 5.74) is 2.29. The summed E-state index contributed by atoms with van der Waals surface area (Å²) in [5.74, 6) is 0.602. The van der Waals surface area contributed by atoms with E-state index in [1.54, 1.807) is 12.1 Å². The maximum Gasteiger partial charge on any atom is 0.255 e. The minimum atomic E-state index is -0.146. The van der Waals surface area contributed by atoms with Crippen LogP contribution in [0, 0.1) is 0 Å². The van der Waals surface area contributed by atoms with E-state index in [9.17, 15) is 4.79 Å². The number of ether oxygens (including phenoxy) is 1. The molecule has 0 atom stereocenters. The molecule has 0 aliphatic carbocycles. The summed E-state index contributed by atoms with van der Waals surface area (Å²) < 4.78 is 6.38. The molecule has 4 heteroatoms. The first-order valence-electron chi connectivity index (χ1n) is 6.49. The van der Waals surface area contributed by atoms with Crippen LogP contribution in [0.1, 0.15) is 17.3 Å². The Bertz CT molecular complexity index is 650. The van der Waals surface area contributed by atoms with Gasteiger partial charge in [-0.1, -0.05) is 28.6 Å². The summed E-state index contributed by atoms with van der Waals surface area (Å²) in [6.45, 7) is 6.18. The SMILES string of the molecule is C=C(C)COc1ccc(NC(=O)c2cccc(Br)c2)cc1. The van der Waals surface area contributed by atoms with Crippen LogP contribution >= 0.6 is 15.9 Å². The fourth-order valence-corrected chi connectivity index (χ4v) is 2.07. The summed E-state index contributed by atoms with van der Waals surface area (Å²) in [6, 6.07) is 14.5. The molecule has 0 saturated carbocycles. The Balaban J connectivity index is 2.00. The molecule has 2 rings (SSSR count). The molecule has 0 aromatic heterocycles. The average molecular weight is 346 g/mol. The van der Waals surface area contributed by atoms with Crippen LogP contribution < -0.4 is 10.1 Å². The zero-order valence-electron chi connectivity index (χ0n) is 11.7. The smallest absolute Gasteiger partial charge is 0.255 e. The van der Waals surface area contributed by atoms with Crippen molar-refractivity contribution in [2.24, 2.45) is 0 Å². The zero-order valence-corrected chi connectivity index (χ0v) is 13.3. The number of nitrogens with one attached hydrogen (secondary N) is 1. The van der Waals surface area contributed by atoms with Gasteiger partial charge in [0.1, 0.15) is 12.4 Å². The number of halogens is 1. The van der Waals surface area contributed by atoms with Gasteiger partial charge in [-0.3, -0.25) is 4.79 Å². The van der Waals surface area contributed by atoms with Crippen LogP contribution in [-0.2, 0) is 0 Å². The van der Waals surface area contributed by atoms with Crippen LogP contribution in [0.5, 0.6) is 5.75 Å². The Labute approximate surface area is 132 Å². The first-order chi connectivity index (χ1) is 10.0. The summed E-state index contributed by atoms with van der Waals surface area (Å²) in [6.07, 6.45) is 0. The molecule has 0 fully saturated rings. The molecular weight excluding hydrogens is 330 g/mol. The monoisotopic (exact) mass is 345 g/mol. The van der Waals surface area contributed by atoms with Gasteiger partial charge in [-0.2, -0.15) is 0 Å². The minimum Gasteiger partial charge on any atom is -0.489 e. The molecule has 0 aliphatic heterocycles. The maximum absolute atomic E-state index is 12.1. The number of rotatable bonds is 5. The average Bonchev–Trinajstić information content (AvgIpc) is 2.46. The van der Waals surface area contributed by atoms with Crippen molar-refractivity contribution in [3.63, 3.8) is 0 Å². The highest BCUT2D eigenvalue weighted by Gasteiger charge is 2.06. The van der Waals surface area contributed by atoms with Gasteiger partial charge in [0, 0.05) is 15.7 Å². The van der Waals surface area contributed by atoms with Gasteiger partial charge in [-0.05, 0) is 55.0 Å². The van der Waals surface area contributed by atoms with E-state index < -0.39 is 0 Å². The summed E-state index contributed by atoms with van der Waals surface area (Å²) in [4.78, 5) is 12.1. The molecule has 2 aromatic carbocycles. The summed E-state index contributed by atoms with van der Waals surface area (Å²) >= 11 is 3.35. The van der Waals surface area contributed by atoms with Crippen LogP contribution in [0.4, 0.5) is 5.69 Å². The highest BCUT2D eigenvalue weighted by atomic mass is 79.9. The van der Waals surface area contributed by atoms with Gasteiger partial charge in [0.2, 0.25) is 0 Å². The summed E-state index contributed by atoms with van der Waals surface area (Å²) in [5, 5.41) is 2.84. The second kappa shape index (κ2) is 7.09. The Hall–Kier alpha value is -2.07. The molecule has 1 amide bonds. The first kappa shape index (κ1) is 15.3. The third-order valence-electron chi connectivity index (χ3n) is 2.68. The van der Waals surface area contributed by atoms with Crippen LogP contribution in [0.15, 0.2) is 65.2 Å². The van der Waals surface area contributed by atoms with Gasteiger partial charge in [-0.15, -0.1) is 0 Å². The molecular formula is C17H16BrNO2. The number of anilines is 1. The van der Waals surface area contributed by atoms with Gasteiger partial charge in [0.25, 0.3) is 5.91 Å². The fraction of sp³-hybridized carbons (Fsp3) is 0.118. The molecule has 2 aromatic rings. The fourth-order valence-electron chi connectivity index (χ4n) is 1.67. The molecule has 1 N–H and O–H groups in total. The number of carbonyl (C=O) groups is 1. The van der Waals surface area contributed by atoms with E-state index in [0.717, 1.165) is 21.5 Å². The van der Waals surface area contributed by atoms with Crippen molar-refractivity contribution in [3.8, 4) is 5.75 Å². The van der Waals surface area contributed by atoms with E-state index in [2.05, 4.69) is 27.8 Å². The lowest BCUT2D eigenvalue weighted by Crippen LogP contribution is -2.11. The molecule has 21 heavy (non-hydrogen) atoms. The number of amides is 1. The van der Waals surface area contributed by atoms with Gasteiger partial charge < -0.3 is 10.1 Å². The van der Waals surface area contributed by atoms with Crippen molar-refractivity contribution in [2.45, 2.75) is 6.92 Å². The second-order valence-corrected chi connectivity index (χ2v) is 5.65. The van der Waals surface area contributed by atoms with Crippen LogP contribution in [0.2, 0.25) is 0 Å². The topological polar surface area (TPSA) is 38.3 Å². The maximum atomic E-state index is 12.1. The predicted octanol–water partition coefficient (Wildman–Crippen LogP) is 4.66. The van der Waals surface area contributed by atoms with Gasteiger partial charge in [-0.25, -0.2) is 0 Å². The Kier molecular flexibility index (Phi) is 5.17. The van der Waals surface area contributed by atoms with Crippen molar-refractivity contribution in [1.82, 2.24) is 0 Å². The number of hydrogen-bond donors (Lipinski definition) is 1. The van der Waals surface area contributed by atoms with E-state index in [1.807, 2.05) is 43.3 Å². The molecule has 108 valence electrons. The lowest BCUT2D eigenvalue weighted by atomic mass is 10.2. The minimum absolute atomic E-state index is 0.146. The first-order valence-corrected chi connectivity index (χ1v) is 7.28. The van der Waals surface area contributed by atoms with Crippen LogP contribution in [0.3, 0.4) is 0 Å². The Morgan fingerprint density at radius 3 is 2.57 bits per heavy atom. The van der Waals surface area contributed by atoms with E-state index in [0.29, 0.717) is 12.2 Å². The zero-order chi connectivity index (χ0) is 15.2. The normalized spacial score (nSPS) is 10.0. The molecule has 0 bridgehead atoms. The molecule has 0 radical (unpaired) electrons. The molecule has 0 heterocycles. The van der Waals surface area contributed by atoms with Crippen molar-refractivity contribution >= 4 is 27.5 Å². The standard InChI is InChI=1S/C17H16BrNO2/c1-12(2)11-21-16-8-6-15(7-9-16)19-17(20)13-4-3-5-14(18)10-13/h3-10H,1,11H2,2H3,(H,19,20). The van der Waals surface area contributed by atoms with Gasteiger partial charge in [0.15, 0.2) is 0 Å². The lowest BCUT2D eigenvalue weighted by Gasteiger charge is -2.08. The third kappa shape index (κ3) is 4.76. The van der Waals surface area contributed by atoms with Crippen LogP contribution in [0.25, 0.3) is 0 Å². The van der Waals surface area contributed by atoms with Crippen molar-refractivity contribution in [1.29, 1.82) is 0 Å². The Morgan fingerprint density at radius 1 is 1.24 bits per heavy atom. The molecule has 0 spiro atoms. The molecule has 0 saturated heterocycles. The number of carbonyl (C=O) groups excluding carboxylic acids is 1. The van der Waals surface area contributed by atoms with Crippen molar-refractivity contribution in [2.75, 3.05) is 11.9 Å². The van der Waals surface area contributed by atoms with E-state index in [1.165, 1.54) is 0 Å². The number of benzene rings is 2. The lowest BCUT2D eigenvalue weighted by molar-refractivity contribution is 0.102. The second-order valence-electron chi connectivity index (χ2n) is 4.73. The molecule has 0 unspecified atom stereocenters. The van der Waals surface area contributed by atoms with E-state index in [4.69, 9.17) is 4.74 Å². The number of hydrogen-bond acceptors (Lipinski definition) is 2. The molecule has 3 nitrogen and oxygen atoms in total. The Morgan fingerprint density at radius 2 is 1.95 bits per heavy atom. The van der Waals surface area contributed by atoms with Gasteiger partial charge >= 0.3 is 0 Å². The third-order valence-corrected chi connectivity index (χ3v) is 3.18. The predicted molar refractivity (Wildman–Crippen MR) is 88.8 cm³/mol. The largest absolute Gasteiger partial charge is 0.489 e. The van der Waals surface area contributed by atoms with E-state index in [-0.39, 0.29) is 5.91 Å². The van der Waals surface area contributed by atoms with Crippen molar-refractivity contribution in [3.05, 3.63) is 70.7 Å². The van der Waals surface area contributed by atoms with Gasteiger partial charge in [0.05, 0.1) is 0 Å². The quantitative estimate of drug-likeness (QED) is 0.800. The van der Waals surface area contributed by atoms with E-state index >= 15 is 0 Å². The van der Waals surface area contributed by atoms with Crippen molar-refractivity contribution < 1.29 is 9.53 Å². The highest BCUT2D eigenvalue weighted by Crippen LogP contribution is 2.18.